The Hall–Kier alpha value is -2.99. The molecular weight excluding hydrogens is 315 g/mol. The molecule has 124 valence electrons. The normalized spacial score (nSPS) is 20.3. The fourth-order valence-electron chi connectivity index (χ4n) is 2.62. The van der Waals surface area contributed by atoms with Crippen molar-refractivity contribution in [2.75, 3.05) is 18.5 Å². The van der Waals surface area contributed by atoms with Gasteiger partial charge in [-0.1, -0.05) is 0 Å². The monoisotopic (exact) mass is 330 g/mol. The Morgan fingerprint density at radius 3 is 3.12 bits per heavy atom. The third-order valence-electron chi connectivity index (χ3n) is 3.81. The molecule has 2 aromatic rings. The van der Waals surface area contributed by atoms with E-state index in [1.807, 2.05) is 0 Å². The van der Waals surface area contributed by atoms with Crippen LogP contribution < -0.4 is 11.1 Å². The SMILES string of the molecule is N#C[C@H]1COCCC1n1cc(C(N)=O)c(Nc2ccnc(F)c2)n1. The minimum absolute atomic E-state index is 0.162. The summed E-state index contributed by atoms with van der Waals surface area (Å²) in [5, 5.41) is 16.4. The quantitative estimate of drug-likeness (QED) is 0.817. The van der Waals surface area contributed by atoms with Crippen LogP contribution in [0.3, 0.4) is 0 Å². The van der Waals surface area contributed by atoms with Crippen molar-refractivity contribution < 1.29 is 13.9 Å². The molecule has 1 amide bonds. The Bertz CT molecular complexity index is 800. The van der Waals surface area contributed by atoms with Crippen molar-refractivity contribution in [2.45, 2.75) is 12.5 Å². The summed E-state index contributed by atoms with van der Waals surface area (Å²) in [7, 11) is 0. The first-order valence-electron chi connectivity index (χ1n) is 7.33. The molecule has 3 N–H and O–H groups in total. The van der Waals surface area contributed by atoms with Crippen molar-refractivity contribution in [3.63, 3.8) is 0 Å². The highest BCUT2D eigenvalue weighted by Crippen LogP contribution is 2.29. The predicted molar refractivity (Wildman–Crippen MR) is 81.8 cm³/mol. The number of nitrogens with two attached hydrogens (primary N) is 1. The Labute approximate surface area is 137 Å². The number of rotatable bonds is 4. The van der Waals surface area contributed by atoms with Crippen molar-refractivity contribution in [1.29, 1.82) is 5.26 Å². The highest BCUT2D eigenvalue weighted by Gasteiger charge is 2.29. The van der Waals surface area contributed by atoms with Crippen LogP contribution in [-0.2, 0) is 4.74 Å². The first kappa shape index (κ1) is 15.9. The van der Waals surface area contributed by atoms with Crippen LogP contribution in [0.2, 0.25) is 0 Å². The highest BCUT2D eigenvalue weighted by molar-refractivity contribution is 5.98. The molecule has 0 spiro atoms. The Kier molecular flexibility index (Phi) is 4.39. The maximum Gasteiger partial charge on any atom is 0.254 e. The van der Waals surface area contributed by atoms with Crippen LogP contribution in [0.1, 0.15) is 22.8 Å². The zero-order valence-corrected chi connectivity index (χ0v) is 12.6. The smallest absolute Gasteiger partial charge is 0.254 e. The van der Waals surface area contributed by atoms with E-state index in [1.165, 1.54) is 18.5 Å². The second-order valence-electron chi connectivity index (χ2n) is 5.39. The van der Waals surface area contributed by atoms with Crippen LogP contribution in [0.5, 0.6) is 0 Å². The Morgan fingerprint density at radius 2 is 2.42 bits per heavy atom. The molecule has 0 radical (unpaired) electrons. The average Bonchev–Trinajstić information content (AvgIpc) is 2.98. The first-order chi connectivity index (χ1) is 11.6. The molecule has 0 aromatic carbocycles. The number of carbonyl (C=O) groups is 1. The lowest BCUT2D eigenvalue weighted by Crippen LogP contribution is -2.29. The van der Waals surface area contributed by atoms with Crippen molar-refractivity contribution >= 4 is 17.4 Å². The van der Waals surface area contributed by atoms with Crippen LogP contribution in [0.25, 0.3) is 0 Å². The maximum absolute atomic E-state index is 13.2. The molecule has 0 bridgehead atoms. The van der Waals surface area contributed by atoms with Gasteiger partial charge in [0.15, 0.2) is 5.82 Å². The van der Waals surface area contributed by atoms with E-state index in [1.54, 1.807) is 10.7 Å². The van der Waals surface area contributed by atoms with Gasteiger partial charge in [-0.05, 0) is 12.5 Å². The maximum atomic E-state index is 13.2. The van der Waals surface area contributed by atoms with E-state index in [4.69, 9.17) is 10.5 Å². The molecule has 1 aliphatic rings. The van der Waals surface area contributed by atoms with Crippen molar-refractivity contribution in [1.82, 2.24) is 14.8 Å². The summed E-state index contributed by atoms with van der Waals surface area (Å²) in [6.07, 6.45) is 3.40. The summed E-state index contributed by atoms with van der Waals surface area (Å²) < 4.78 is 20.1. The molecule has 1 unspecified atom stereocenters. The molecule has 9 heteroatoms. The molecule has 2 aromatic heterocycles. The molecule has 8 nitrogen and oxygen atoms in total. The first-order valence-corrected chi connectivity index (χ1v) is 7.33. The van der Waals surface area contributed by atoms with Gasteiger partial charge in [-0.2, -0.15) is 14.8 Å². The minimum atomic E-state index is -0.668. The van der Waals surface area contributed by atoms with E-state index >= 15 is 0 Å². The second-order valence-corrected chi connectivity index (χ2v) is 5.39. The number of anilines is 2. The van der Waals surface area contributed by atoms with E-state index in [0.717, 1.165) is 0 Å². The molecule has 0 saturated carbocycles. The molecule has 1 aliphatic heterocycles. The van der Waals surface area contributed by atoms with Gasteiger partial charge < -0.3 is 15.8 Å². The van der Waals surface area contributed by atoms with Gasteiger partial charge in [0, 0.05) is 30.8 Å². The van der Waals surface area contributed by atoms with Gasteiger partial charge in [0.25, 0.3) is 5.91 Å². The summed E-state index contributed by atoms with van der Waals surface area (Å²) in [6, 6.07) is 4.69. The third-order valence-corrected chi connectivity index (χ3v) is 3.81. The molecule has 3 rings (SSSR count). The van der Waals surface area contributed by atoms with Crippen molar-refractivity contribution in [2.24, 2.45) is 11.7 Å². The number of pyridine rings is 1. The number of aromatic nitrogens is 3. The lowest BCUT2D eigenvalue weighted by atomic mass is 9.97. The molecule has 1 fully saturated rings. The molecule has 1 saturated heterocycles. The zero-order valence-electron chi connectivity index (χ0n) is 12.6. The van der Waals surface area contributed by atoms with Gasteiger partial charge in [-0.3, -0.25) is 9.48 Å². The highest BCUT2D eigenvalue weighted by atomic mass is 19.1. The van der Waals surface area contributed by atoms with Crippen LogP contribution >= 0.6 is 0 Å². The Balaban J connectivity index is 1.93. The van der Waals surface area contributed by atoms with Gasteiger partial charge >= 0.3 is 0 Å². The molecule has 2 atom stereocenters. The third kappa shape index (κ3) is 3.18. The van der Waals surface area contributed by atoms with E-state index in [2.05, 4.69) is 21.5 Å². The Morgan fingerprint density at radius 1 is 1.58 bits per heavy atom. The lowest BCUT2D eigenvalue weighted by Gasteiger charge is -2.26. The number of amides is 1. The molecule has 0 aliphatic carbocycles. The van der Waals surface area contributed by atoms with Gasteiger partial charge in [-0.25, -0.2) is 4.98 Å². The number of carbonyl (C=O) groups excluding carboxylic acids is 1. The van der Waals surface area contributed by atoms with E-state index < -0.39 is 11.9 Å². The molecule has 3 heterocycles. The summed E-state index contributed by atoms with van der Waals surface area (Å²) in [4.78, 5) is 15.1. The van der Waals surface area contributed by atoms with Crippen LogP contribution in [0, 0.1) is 23.2 Å². The van der Waals surface area contributed by atoms with E-state index in [9.17, 15) is 14.4 Å². The van der Waals surface area contributed by atoms with Crippen molar-refractivity contribution in [3.05, 3.63) is 36.0 Å². The average molecular weight is 330 g/mol. The summed E-state index contributed by atoms with van der Waals surface area (Å²) in [5.74, 6) is -1.49. The van der Waals surface area contributed by atoms with Gasteiger partial charge in [0.1, 0.15) is 5.56 Å². The fourth-order valence-corrected chi connectivity index (χ4v) is 2.62. The number of nitrogens with one attached hydrogen (secondary N) is 1. The van der Waals surface area contributed by atoms with Gasteiger partial charge in [0.05, 0.1) is 24.6 Å². The van der Waals surface area contributed by atoms with Crippen LogP contribution in [-0.4, -0.2) is 33.9 Å². The molecular formula is C15H15FN6O2. The summed E-state index contributed by atoms with van der Waals surface area (Å²) >= 11 is 0. The van der Waals surface area contributed by atoms with Crippen molar-refractivity contribution in [3.8, 4) is 6.07 Å². The summed E-state index contributed by atoms with van der Waals surface area (Å²) in [5.41, 5.74) is 5.95. The number of hydrogen-bond acceptors (Lipinski definition) is 6. The van der Waals surface area contributed by atoms with Crippen LogP contribution in [0.15, 0.2) is 24.5 Å². The van der Waals surface area contributed by atoms with Crippen LogP contribution in [0.4, 0.5) is 15.9 Å². The second kappa shape index (κ2) is 6.64. The number of nitrogens with zero attached hydrogens (tertiary/aromatic N) is 4. The number of halogens is 1. The number of nitriles is 1. The summed E-state index contributed by atoms with van der Waals surface area (Å²) in [6.45, 7) is 0.818. The topological polar surface area (TPSA) is 119 Å². The van der Waals surface area contributed by atoms with E-state index in [0.29, 0.717) is 25.3 Å². The minimum Gasteiger partial charge on any atom is -0.380 e. The largest absolute Gasteiger partial charge is 0.380 e. The lowest BCUT2D eigenvalue weighted by molar-refractivity contribution is 0.0385. The number of ether oxygens (including phenoxy) is 1. The number of hydrogen-bond donors (Lipinski definition) is 2. The van der Waals surface area contributed by atoms with E-state index in [-0.39, 0.29) is 23.3 Å². The predicted octanol–water partition coefficient (Wildman–Crippen LogP) is 1.36. The fraction of sp³-hybridized carbons (Fsp3) is 0.333. The van der Waals surface area contributed by atoms with Gasteiger partial charge in [0.2, 0.25) is 5.95 Å². The van der Waals surface area contributed by atoms with Gasteiger partial charge in [-0.15, -0.1) is 0 Å². The molecule has 24 heavy (non-hydrogen) atoms. The standard InChI is InChI=1S/C15H15FN6O2/c16-13-5-10(1-3-19-13)20-15-11(14(18)23)7-22(21-15)12-2-4-24-8-9(12)6-17/h1,3,5,7,9,12H,2,4,8H2,(H2,18,23)(H,19,20,21)/t9-,12?/m0/s1. The number of primary amides is 1. The zero-order chi connectivity index (χ0) is 17.1.